The van der Waals surface area contributed by atoms with E-state index in [-0.39, 0.29) is 37.9 Å². The van der Waals surface area contributed by atoms with Crippen molar-refractivity contribution in [1.82, 2.24) is 25.0 Å². The van der Waals surface area contributed by atoms with Crippen molar-refractivity contribution < 1.29 is 22.8 Å². The van der Waals surface area contributed by atoms with Crippen molar-refractivity contribution in [1.29, 1.82) is 0 Å². The molecule has 0 spiro atoms. The zero-order valence-electron chi connectivity index (χ0n) is 14.9. The topological polar surface area (TPSA) is 83.0 Å². The van der Waals surface area contributed by atoms with Crippen molar-refractivity contribution in [3.63, 3.8) is 0 Å². The maximum atomic E-state index is 12.8. The number of amides is 2. The van der Waals surface area contributed by atoms with Crippen LogP contribution in [0.1, 0.15) is 23.4 Å². The highest BCUT2D eigenvalue weighted by molar-refractivity contribution is 7.71. The van der Waals surface area contributed by atoms with Gasteiger partial charge >= 0.3 is 6.18 Å². The molecule has 1 fully saturated rings. The highest BCUT2D eigenvalue weighted by atomic mass is 32.1. The number of nitrogens with zero attached hydrogens (tertiary/aromatic N) is 3. The van der Waals surface area contributed by atoms with E-state index in [4.69, 9.17) is 12.2 Å². The number of rotatable bonds is 5. The van der Waals surface area contributed by atoms with Gasteiger partial charge in [-0.2, -0.15) is 18.3 Å². The van der Waals surface area contributed by atoms with Gasteiger partial charge in [0, 0.05) is 26.6 Å². The predicted octanol–water partition coefficient (Wildman–Crippen LogP) is 2.16. The second kappa shape index (κ2) is 7.74. The van der Waals surface area contributed by atoms with E-state index in [2.05, 4.69) is 15.5 Å². The zero-order valence-corrected chi connectivity index (χ0v) is 15.7. The first-order chi connectivity index (χ1) is 13.1. The van der Waals surface area contributed by atoms with Crippen LogP contribution in [0, 0.1) is 10.7 Å². The summed E-state index contributed by atoms with van der Waals surface area (Å²) in [7, 11) is 1.71. The minimum atomic E-state index is -4.44. The van der Waals surface area contributed by atoms with Gasteiger partial charge < -0.3 is 14.8 Å². The van der Waals surface area contributed by atoms with Crippen molar-refractivity contribution in [2.24, 2.45) is 13.0 Å². The number of aromatic amines is 1. The molecule has 2 aromatic rings. The number of hydrogen-bond acceptors (Lipinski definition) is 4. The van der Waals surface area contributed by atoms with Crippen LogP contribution in [0.25, 0.3) is 0 Å². The van der Waals surface area contributed by atoms with E-state index in [1.54, 1.807) is 11.6 Å². The van der Waals surface area contributed by atoms with Gasteiger partial charge in [-0.15, -0.1) is 0 Å². The molecule has 0 saturated carbocycles. The summed E-state index contributed by atoms with van der Waals surface area (Å²) in [5.74, 6) is -0.599. The van der Waals surface area contributed by atoms with Crippen molar-refractivity contribution in [3.05, 3.63) is 46.0 Å². The van der Waals surface area contributed by atoms with Crippen LogP contribution in [0.3, 0.4) is 0 Å². The van der Waals surface area contributed by atoms with E-state index in [1.165, 1.54) is 17.0 Å². The Balaban J connectivity index is 1.59. The molecule has 11 heteroatoms. The Morgan fingerprint density at radius 1 is 1.43 bits per heavy atom. The summed E-state index contributed by atoms with van der Waals surface area (Å²) in [5.41, 5.74) is -0.398. The first-order valence-corrected chi connectivity index (χ1v) is 8.88. The number of H-pyrrole nitrogens is 1. The molecule has 7 nitrogen and oxygen atoms in total. The Labute approximate surface area is 163 Å². The first-order valence-electron chi connectivity index (χ1n) is 8.47. The number of aromatic nitrogens is 3. The second-order valence-corrected chi connectivity index (χ2v) is 6.98. The molecule has 1 aromatic carbocycles. The molecule has 2 amide bonds. The minimum absolute atomic E-state index is 0.0176. The lowest BCUT2D eigenvalue weighted by atomic mass is 10.1. The molecule has 0 radical (unpaired) electrons. The van der Waals surface area contributed by atoms with Gasteiger partial charge in [-0.25, -0.2) is 0 Å². The fraction of sp³-hybridized carbons (Fsp3) is 0.412. The number of benzene rings is 1. The minimum Gasteiger partial charge on any atom is -0.348 e. The van der Waals surface area contributed by atoms with Gasteiger partial charge in [0.2, 0.25) is 11.8 Å². The molecule has 150 valence electrons. The lowest BCUT2D eigenvalue weighted by Crippen LogP contribution is -2.33. The molecule has 2 N–H and O–H groups in total. The lowest BCUT2D eigenvalue weighted by molar-refractivity contribution is -0.137. The summed E-state index contributed by atoms with van der Waals surface area (Å²) in [6.07, 6.45) is -4.43. The van der Waals surface area contributed by atoms with Gasteiger partial charge in [0.15, 0.2) is 10.6 Å². The molecule has 1 unspecified atom stereocenters. The third-order valence-corrected chi connectivity index (χ3v) is 4.97. The third-order valence-electron chi connectivity index (χ3n) is 4.61. The van der Waals surface area contributed by atoms with Crippen LogP contribution in [0.15, 0.2) is 24.3 Å². The lowest BCUT2D eigenvalue weighted by Gasteiger charge is -2.17. The molecule has 2 heterocycles. The quantitative estimate of drug-likeness (QED) is 0.736. The van der Waals surface area contributed by atoms with Crippen LogP contribution in [-0.4, -0.2) is 38.0 Å². The van der Waals surface area contributed by atoms with E-state index in [9.17, 15) is 22.8 Å². The van der Waals surface area contributed by atoms with Gasteiger partial charge in [0.25, 0.3) is 0 Å². The number of carbonyl (C=O) groups is 2. The molecule has 3 rings (SSSR count). The largest absolute Gasteiger partial charge is 0.416 e. The number of nitrogens with one attached hydrogen (secondary N) is 2. The summed E-state index contributed by atoms with van der Waals surface area (Å²) < 4.78 is 40.5. The summed E-state index contributed by atoms with van der Waals surface area (Å²) in [5, 5.41) is 9.31. The average Bonchev–Trinajstić information content (AvgIpc) is 3.16. The van der Waals surface area contributed by atoms with Gasteiger partial charge in [0.1, 0.15) is 0 Å². The van der Waals surface area contributed by atoms with Crippen LogP contribution >= 0.6 is 12.2 Å². The van der Waals surface area contributed by atoms with Crippen molar-refractivity contribution in [2.75, 3.05) is 6.54 Å². The Morgan fingerprint density at radius 2 is 2.18 bits per heavy atom. The molecule has 28 heavy (non-hydrogen) atoms. The van der Waals surface area contributed by atoms with Crippen LogP contribution in [0.2, 0.25) is 0 Å². The number of hydrogen-bond donors (Lipinski definition) is 2. The maximum Gasteiger partial charge on any atom is 0.416 e. The standard InChI is InChI=1S/C17H18F3N5O2S/c1-24-13(22-23-16(24)28)7-21-15(27)11-6-14(26)25(9-11)8-10-3-2-4-12(5-10)17(18,19)20/h2-5,11H,6-9H2,1H3,(H,21,27)(H,23,28). The molecule has 1 aliphatic rings. The summed E-state index contributed by atoms with van der Waals surface area (Å²) in [6.45, 7) is 0.334. The van der Waals surface area contributed by atoms with Crippen molar-refractivity contribution in [3.8, 4) is 0 Å². The summed E-state index contributed by atoms with van der Waals surface area (Å²) in [6, 6.07) is 4.83. The highest BCUT2D eigenvalue weighted by Gasteiger charge is 2.35. The molecule has 1 aliphatic heterocycles. The smallest absolute Gasteiger partial charge is 0.348 e. The fourth-order valence-corrected chi connectivity index (χ4v) is 3.17. The first kappa shape index (κ1) is 20.1. The van der Waals surface area contributed by atoms with Crippen LogP contribution in [0.5, 0.6) is 0 Å². The van der Waals surface area contributed by atoms with Crippen LogP contribution in [0.4, 0.5) is 13.2 Å². The predicted molar refractivity (Wildman–Crippen MR) is 95.2 cm³/mol. The highest BCUT2D eigenvalue weighted by Crippen LogP contribution is 2.30. The van der Waals surface area contributed by atoms with Crippen LogP contribution in [-0.2, 0) is 35.9 Å². The molecular formula is C17H18F3N5O2S. The number of carbonyl (C=O) groups excluding carboxylic acids is 2. The molecule has 1 atom stereocenters. The molecule has 1 aromatic heterocycles. The van der Waals surface area contributed by atoms with Gasteiger partial charge in [0.05, 0.1) is 18.0 Å². The number of halogens is 3. The van der Waals surface area contributed by atoms with E-state index in [0.717, 1.165) is 12.1 Å². The van der Waals surface area contributed by atoms with Gasteiger partial charge in [-0.3, -0.25) is 14.7 Å². The van der Waals surface area contributed by atoms with E-state index in [0.29, 0.717) is 16.2 Å². The van der Waals surface area contributed by atoms with Gasteiger partial charge in [-0.05, 0) is 29.9 Å². The monoisotopic (exact) mass is 413 g/mol. The normalized spacial score (nSPS) is 17.2. The molecule has 1 saturated heterocycles. The summed E-state index contributed by atoms with van der Waals surface area (Å²) in [4.78, 5) is 25.9. The third kappa shape index (κ3) is 4.41. The zero-order chi connectivity index (χ0) is 20.5. The van der Waals surface area contributed by atoms with Gasteiger partial charge in [-0.1, -0.05) is 12.1 Å². The van der Waals surface area contributed by atoms with Crippen LogP contribution < -0.4 is 5.32 Å². The molecular weight excluding hydrogens is 395 g/mol. The average molecular weight is 413 g/mol. The van der Waals surface area contributed by atoms with Crippen molar-refractivity contribution >= 4 is 24.0 Å². The number of alkyl halides is 3. The number of likely N-dealkylation sites (tertiary alicyclic amines) is 1. The molecule has 0 bridgehead atoms. The van der Waals surface area contributed by atoms with Crippen molar-refractivity contribution in [2.45, 2.75) is 25.7 Å². The Morgan fingerprint density at radius 3 is 2.82 bits per heavy atom. The summed E-state index contributed by atoms with van der Waals surface area (Å²) >= 11 is 5.00. The Bertz CT molecular complexity index is 953. The molecule has 0 aliphatic carbocycles. The van der Waals surface area contributed by atoms with E-state index >= 15 is 0 Å². The van der Waals surface area contributed by atoms with E-state index in [1.807, 2.05) is 0 Å². The second-order valence-electron chi connectivity index (χ2n) is 6.60. The SMILES string of the molecule is Cn1c(CNC(=O)C2CC(=O)N(Cc3cccc(C(F)(F)F)c3)C2)n[nH]c1=S. The van der Waals surface area contributed by atoms with E-state index < -0.39 is 17.7 Å². The maximum absolute atomic E-state index is 12.8. The Hall–Kier alpha value is -2.69. The Kier molecular flexibility index (Phi) is 5.54. The fourth-order valence-electron chi connectivity index (χ4n) is 3.02.